The van der Waals surface area contributed by atoms with Gasteiger partial charge in [-0.2, -0.15) is 4.98 Å². The van der Waals surface area contributed by atoms with E-state index in [2.05, 4.69) is 14.8 Å². The van der Waals surface area contributed by atoms with Gasteiger partial charge in [-0.1, -0.05) is 0 Å². The monoisotopic (exact) mass is 319 g/mol. The van der Waals surface area contributed by atoms with Gasteiger partial charge in [0.15, 0.2) is 0 Å². The predicted molar refractivity (Wildman–Crippen MR) is 88.8 cm³/mol. The van der Waals surface area contributed by atoms with E-state index in [0.717, 1.165) is 37.9 Å². The van der Waals surface area contributed by atoms with Crippen LogP contribution in [0.2, 0.25) is 0 Å². The first-order valence-electron chi connectivity index (χ1n) is 8.37. The first kappa shape index (κ1) is 16.0. The molecule has 0 radical (unpaired) electrons. The van der Waals surface area contributed by atoms with Crippen molar-refractivity contribution in [3.63, 3.8) is 0 Å². The van der Waals surface area contributed by atoms with E-state index in [1.807, 2.05) is 17.2 Å². The van der Waals surface area contributed by atoms with E-state index in [1.54, 1.807) is 7.11 Å². The zero-order chi connectivity index (χ0) is 16.1. The Hall–Kier alpha value is -1.89. The topological polar surface area (TPSA) is 61.8 Å². The van der Waals surface area contributed by atoms with E-state index < -0.39 is 0 Å². The van der Waals surface area contributed by atoms with Gasteiger partial charge in [0.05, 0.1) is 0 Å². The van der Waals surface area contributed by atoms with Crippen LogP contribution in [0.5, 0.6) is 0 Å². The fourth-order valence-electron chi connectivity index (χ4n) is 3.16. The normalized spacial score (nSPS) is 19.1. The predicted octanol–water partition coefficient (Wildman–Crippen LogP) is 0.762. The van der Waals surface area contributed by atoms with Crippen LogP contribution >= 0.6 is 0 Å². The Labute approximate surface area is 137 Å². The number of nitrogens with zero attached hydrogens (tertiary/aromatic N) is 5. The van der Waals surface area contributed by atoms with Crippen molar-refractivity contribution < 1.29 is 9.53 Å². The minimum absolute atomic E-state index is 0.0591. The molecular formula is C16H25N5O2. The lowest BCUT2D eigenvalue weighted by atomic mass is 10.1. The lowest BCUT2D eigenvalue weighted by Crippen LogP contribution is -2.50. The number of hydrogen-bond acceptors (Lipinski definition) is 6. The minimum atomic E-state index is 0.0591. The van der Waals surface area contributed by atoms with E-state index in [1.165, 1.54) is 19.3 Å². The third kappa shape index (κ3) is 3.90. The van der Waals surface area contributed by atoms with Gasteiger partial charge >= 0.3 is 0 Å². The third-order valence-corrected chi connectivity index (χ3v) is 4.49. The standard InChI is InChI=1S/C16H25N5O2/c1-23-13-15(22)20-11-9-19(10-12-20)14-5-6-17-16(18-14)21-7-3-2-4-8-21/h5-6H,2-4,7-13H2,1H3. The second-order valence-electron chi connectivity index (χ2n) is 6.06. The number of rotatable bonds is 4. The lowest BCUT2D eigenvalue weighted by Gasteiger charge is -2.35. The lowest BCUT2D eigenvalue weighted by molar-refractivity contribution is -0.135. The van der Waals surface area contributed by atoms with Crippen molar-refractivity contribution in [1.82, 2.24) is 14.9 Å². The van der Waals surface area contributed by atoms with Crippen LogP contribution in [0.15, 0.2) is 12.3 Å². The number of ether oxygens (including phenoxy) is 1. The first-order chi connectivity index (χ1) is 11.3. The largest absolute Gasteiger partial charge is 0.375 e. The summed E-state index contributed by atoms with van der Waals surface area (Å²) >= 11 is 0. The second kappa shape index (κ2) is 7.59. The van der Waals surface area contributed by atoms with Gasteiger partial charge in [-0.25, -0.2) is 4.98 Å². The molecular weight excluding hydrogens is 294 g/mol. The molecule has 7 nitrogen and oxygen atoms in total. The number of anilines is 2. The summed E-state index contributed by atoms with van der Waals surface area (Å²) in [6, 6.07) is 1.96. The molecule has 0 atom stereocenters. The quantitative estimate of drug-likeness (QED) is 0.817. The van der Waals surface area contributed by atoms with E-state index >= 15 is 0 Å². The Bertz CT molecular complexity index is 525. The maximum atomic E-state index is 11.9. The Morgan fingerprint density at radius 3 is 2.52 bits per heavy atom. The summed E-state index contributed by atoms with van der Waals surface area (Å²) in [5.74, 6) is 1.85. The van der Waals surface area contributed by atoms with Crippen LogP contribution in [-0.4, -0.2) is 73.8 Å². The summed E-state index contributed by atoms with van der Waals surface area (Å²) in [6.45, 7) is 5.27. The fourth-order valence-corrected chi connectivity index (χ4v) is 3.16. The summed E-state index contributed by atoms with van der Waals surface area (Å²) in [5, 5.41) is 0. The van der Waals surface area contributed by atoms with Crippen molar-refractivity contribution in [2.75, 3.05) is 62.8 Å². The molecule has 0 unspecified atom stereocenters. The number of aromatic nitrogens is 2. The summed E-state index contributed by atoms with van der Waals surface area (Å²) in [7, 11) is 1.55. The molecule has 0 N–H and O–H groups in total. The SMILES string of the molecule is COCC(=O)N1CCN(c2ccnc(N3CCCCC3)n2)CC1. The minimum Gasteiger partial charge on any atom is -0.375 e. The molecule has 0 aromatic carbocycles. The van der Waals surface area contributed by atoms with E-state index in [0.29, 0.717) is 13.1 Å². The van der Waals surface area contributed by atoms with Crippen molar-refractivity contribution in [2.45, 2.75) is 19.3 Å². The molecule has 7 heteroatoms. The molecule has 126 valence electrons. The molecule has 1 amide bonds. The van der Waals surface area contributed by atoms with Crippen molar-refractivity contribution in [3.8, 4) is 0 Å². The fraction of sp³-hybridized carbons (Fsp3) is 0.688. The Balaban J connectivity index is 1.61. The van der Waals surface area contributed by atoms with Crippen LogP contribution < -0.4 is 9.80 Å². The van der Waals surface area contributed by atoms with Crippen LogP contribution in [0, 0.1) is 0 Å². The molecule has 23 heavy (non-hydrogen) atoms. The van der Waals surface area contributed by atoms with Crippen molar-refractivity contribution in [3.05, 3.63) is 12.3 Å². The summed E-state index contributed by atoms with van der Waals surface area (Å²) in [4.78, 5) is 27.4. The second-order valence-corrected chi connectivity index (χ2v) is 6.06. The van der Waals surface area contributed by atoms with Gasteiger partial charge in [-0.05, 0) is 25.3 Å². The highest BCUT2D eigenvalue weighted by Crippen LogP contribution is 2.19. The van der Waals surface area contributed by atoms with Gasteiger partial charge in [-0.15, -0.1) is 0 Å². The molecule has 0 saturated carbocycles. The van der Waals surface area contributed by atoms with Gasteiger partial charge in [0.1, 0.15) is 12.4 Å². The molecule has 0 aliphatic carbocycles. The smallest absolute Gasteiger partial charge is 0.248 e. The number of piperazine rings is 1. The van der Waals surface area contributed by atoms with Gasteiger partial charge in [0.2, 0.25) is 11.9 Å². The van der Waals surface area contributed by atoms with Crippen LogP contribution in [0.3, 0.4) is 0 Å². The average molecular weight is 319 g/mol. The summed E-state index contributed by atoms with van der Waals surface area (Å²) in [6.07, 6.45) is 5.57. The highest BCUT2D eigenvalue weighted by atomic mass is 16.5. The maximum absolute atomic E-state index is 11.9. The van der Waals surface area contributed by atoms with Gasteiger partial charge in [0, 0.05) is 52.6 Å². The van der Waals surface area contributed by atoms with Crippen molar-refractivity contribution in [1.29, 1.82) is 0 Å². The van der Waals surface area contributed by atoms with E-state index in [9.17, 15) is 4.79 Å². The van der Waals surface area contributed by atoms with Crippen molar-refractivity contribution >= 4 is 17.7 Å². The average Bonchev–Trinajstić information content (AvgIpc) is 2.63. The number of carbonyl (C=O) groups is 1. The molecule has 0 spiro atoms. The third-order valence-electron chi connectivity index (χ3n) is 4.49. The molecule has 2 saturated heterocycles. The van der Waals surface area contributed by atoms with Crippen LogP contribution in [0.4, 0.5) is 11.8 Å². The molecule has 1 aromatic rings. The van der Waals surface area contributed by atoms with Gasteiger partial charge < -0.3 is 19.4 Å². The molecule has 2 fully saturated rings. The van der Waals surface area contributed by atoms with Crippen LogP contribution in [0.1, 0.15) is 19.3 Å². The highest BCUT2D eigenvalue weighted by molar-refractivity contribution is 5.77. The number of carbonyl (C=O) groups excluding carboxylic acids is 1. The number of amides is 1. The van der Waals surface area contributed by atoms with Gasteiger partial charge in [-0.3, -0.25) is 4.79 Å². The van der Waals surface area contributed by atoms with E-state index in [-0.39, 0.29) is 12.5 Å². The van der Waals surface area contributed by atoms with Crippen LogP contribution in [0.25, 0.3) is 0 Å². The molecule has 3 heterocycles. The number of piperidine rings is 1. The summed E-state index contributed by atoms with van der Waals surface area (Å²) < 4.78 is 4.92. The number of hydrogen-bond donors (Lipinski definition) is 0. The zero-order valence-electron chi connectivity index (χ0n) is 13.8. The molecule has 0 bridgehead atoms. The molecule has 2 aliphatic heterocycles. The zero-order valence-corrected chi connectivity index (χ0v) is 13.8. The summed E-state index contributed by atoms with van der Waals surface area (Å²) in [5.41, 5.74) is 0. The number of methoxy groups -OCH3 is 1. The van der Waals surface area contributed by atoms with Gasteiger partial charge in [0.25, 0.3) is 0 Å². The van der Waals surface area contributed by atoms with Crippen LogP contribution in [-0.2, 0) is 9.53 Å². The van der Waals surface area contributed by atoms with E-state index in [4.69, 9.17) is 9.72 Å². The van der Waals surface area contributed by atoms with Crippen molar-refractivity contribution in [2.24, 2.45) is 0 Å². The molecule has 1 aromatic heterocycles. The molecule has 2 aliphatic rings. The Morgan fingerprint density at radius 2 is 1.83 bits per heavy atom. The molecule has 3 rings (SSSR count). The highest BCUT2D eigenvalue weighted by Gasteiger charge is 2.22. The Morgan fingerprint density at radius 1 is 1.09 bits per heavy atom. The Kier molecular flexibility index (Phi) is 5.27. The first-order valence-corrected chi connectivity index (χ1v) is 8.37. The maximum Gasteiger partial charge on any atom is 0.248 e.